The van der Waals surface area contributed by atoms with Gasteiger partial charge in [-0.25, -0.2) is 8.78 Å². The SMILES string of the molecule is CC(C)CCOCCNCC(O)c1cc(F)ccc1F. The molecule has 0 spiro atoms. The average Bonchev–Trinajstić information content (AvgIpc) is 2.39. The molecule has 0 aromatic heterocycles. The molecule has 1 unspecified atom stereocenters. The molecule has 1 atom stereocenters. The number of nitrogens with one attached hydrogen (secondary N) is 1. The number of ether oxygens (including phenoxy) is 1. The third kappa shape index (κ3) is 6.41. The van der Waals surface area contributed by atoms with Crippen molar-refractivity contribution in [2.24, 2.45) is 5.92 Å². The second kappa shape index (κ2) is 9.00. The number of aliphatic hydroxyl groups is 1. The maximum Gasteiger partial charge on any atom is 0.129 e. The van der Waals surface area contributed by atoms with Gasteiger partial charge in [-0.1, -0.05) is 13.8 Å². The van der Waals surface area contributed by atoms with Crippen molar-refractivity contribution in [1.29, 1.82) is 0 Å². The van der Waals surface area contributed by atoms with Crippen LogP contribution in [0.5, 0.6) is 0 Å². The molecule has 0 fully saturated rings. The van der Waals surface area contributed by atoms with Crippen LogP contribution in [0.25, 0.3) is 0 Å². The van der Waals surface area contributed by atoms with Gasteiger partial charge in [0.05, 0.1) is 12.7 Å². The number of rotatable bonds is 9. The van der Waals surface area contributed by atoms with Crippen molar-refractivity contribution in [3.05, 3.63) is 35.4 Å². The first-order valence-corrected chi connectivity index (χ1v) is 6.92. The molecule has 0 saturated carbocycles. The van der Waals surface area contributed by atoms with E-state index in [0.717, 1.165) is 24.6 Å². The molecule has 0 aliphatic carbocycles. The fraction of sp³-hybridized carbons (Fsp3) is 0.600. The van der Waals surface area contributed by atoms with Crippen LogP contribution in [0.3, 0.4) is 0 Å². The molecule has 1 aromatic rings. The number of hydrogen-bond donors (Lipinski definition) is 2. The maximum atomic E-state index is 13.4. The van der Waals surface area contributed by atoms with E-state index in [4.69, 9.17) is 4.74 Å². The highest BCUT2D eigenvalue weighted by molar-refractivity contribution is 5.21. The van der Waals surface area contributed by atoms with E-state index >= 15 is 0 Å². The molecule has 1 aromatic carbocycles. The van der Waals surface area contributed by atoms with E-state index in [-0.39, 0.29) is 12.1 Å². The smallest absolute Gasteiger partial charge is 0.129 e. The van der Waals surface area contributed by atoms with Gasteiger partial charge in [0, 0.05) is 25.3 Å². The van der Waals surface area contributed by atoms with Crippen molar-refractivity contribution in [2.45, 2.75) is 26.4 Å². The molecule has 0 radical (unpaired) electrons. The van der Waals surface area contributed by atoms with Crippen LogP contribution in [0.15, 0.2) is 18.2 Å². The summed E-state index contributed by atoms with van der Waals surface area (Å²) in [6.45, 7) is 6.22. The van der Waals surface area contributed by atoms with Gasteiger partial charge in [0.1, 0.15) is 11.6 Å². The van der Waals surface area contributed by atoms with Crippen LogP contribution in [0.2, 0.25) is 0 Å². The monoisotopic (exact) mass is 287 g/mol. The average molecular weight is 287 g/mol. The first-order chi connectivity index (χ1) is 9.50. The zero-order valence-electron chi connectivity index (χ0n) is 12.0. The van der Waals surface area contributed by atoms with Gasteiger partial charge in [0.25, 0.3) is 0 Å². The molecule has 1 rings (SSSR count). The van der Waals surface area contributed by atoms with Crippen LogP contribution in [0, 0.1) is 17.6 Å². The van der Waals surface area contributed by atoms with Gasteiger partial charge in [-0.2, -0.15) is 0 Å². The Morgan fingerprint density at radius 3 is 2.70 bits per heavy atom. The van der Waals surface area contributed by atoms with E-state index in [9.17, 15) is 13.9 Å². The van der Waals surface area contributed by atoms with E-state index in [1.54, 1.807) is 0 Å². The lowest BCUT2D eigenvalue weighted by atomic mass is 10.1. The van der Waals surface area contributed by atoms with E-state index < -0.39 is 17.7 Å². The van der Waals surface area contributed by atoms with E-state index in [0.29, 0.717) is 25.7 Å². The molecule has 5 heteroatoms. The van der Waals surface area contributed by atoms with Gasteiger partial charge >= 0.3 is 0 Å². The molecule has 0 saturated heterocycles. The molecule has 0 bridgehead atoms. The number of aliphatic hydroxyl groups excluding tert-OH is 1. The van der Waals surface area contributed by atoms with Crippen LogP contribution in [-0.4, -0.2) is 31.4 Å². The fourth-order valence-electron chi connectivity index (χ4n) is 1.68. The lowest BCUT2D eigenvalue weighted by Crippen LogP contribution is -2.26. The van der Waals surface area contributed by atoms with E-state index in [1.165, 1.54) is 0 Å². The van der Waals surface area contributed by atoms with Crippen molar-refractivity contribution in [3.63, 3.8) is 0 Å². The van der Waals surface area contributed by atoms with Gasteiger partial charge < -0.3 is 15.2 Å². The predicted molar refractivity (Wildman–Crippen MR) is 74.5 cm³/mol. The Bertz CT molecular complexity index is 399. The zero-order chi connectivity index (χ0) is 15.0. The minimum Gasteiger partial charge on any atom is -0.387 e. The number of halogens is 2. The van der Waals surface area contributed by atoms with Crippen LogP contribution >= 0.6 is 0 Å². The first-order valence-electron chi connectivity index (χ1n) is 6.92. The summed E-state index contributed by atoms with van der Waals surface area (Å²) in [7, 11) is 0. The minimum atomic E-state index is -1.07. The highest BCUT2D eigenvalue weighted by Gasteiger charge is 2.13. The van der Waals surface area contributed by atoms with Crippen LogP contribution in [0.4, 0.5) is 8.78 Å². The van der Waals surface area contributed by atoms with Gasteiger partial charge in [0.15, 0.2) is 0 Å². The van der Waals surface area contributed by atoms with Gasteiger partial charge in [0.2, 0.25) is 0 Å². The Balaban J connectivity index is 2.20. The summed E-state index contributed by atoms with van der Waals surface area (Å²) in [4.78, 5) is 0. The zero-order valence-corrected chi connectivity index (χ0v) is 12.0. The van der Waals surface area contributed by atoms with Crippen molar-refractivity contribution >= 4 is 0 Å². The summed E-state index contributed by atoms with van der Waals surface area (Å²) in [6.07, 6.45) is -0.0571. The maximum absolute atomic E-state index is 13.4. The van der Waals surface area contributed by atoms with Crippen molar-refractivity contribution in [1.82, 2.24) is 5.32 Å². The molecule has 0 amide bonds. The minimum absolute atomic E-state index is 0.0294. The van der Waals surface area contributed by atoms with Crippen molar-refractivity contribution < 1.29 is 18.6 Å². The molecule has 0 aliphatic heterocycles. The van der Waals surface area contributed by atoms with Gasteiger partial charge in [-0.15, -0.1) is 0 Å². The fourth-order valence-corrected chi connectivity index (χ4v) is 1.68. The molecule has 0 aliphatic rings. The Labute approximate surface area is 119 Å². The van der Waals surface area contributed by atoms with E-state index in [2.05, 4.69) is 19.2 Å². The second-order valence-corrected chi connectivity index (χ2v) is 5.18. The normalized spacial score (nSPS) is 12.9. The molecular weight excluding hydrogens is 264 g/mol. The Morgan fingerprint density at radius 1 is 1.25 bits per heavy atom. The summed E-state index contributed by atoms with van der Waals surface area (Å²) in [6, 6.07) is 3.06. The summed E-state index contributed by atoms with van der Waals surface area (Å²) >= 11 is 0. The molecule has 114 valence electrons. The third-order valence-electron chi connectivity index (χ3n) is 2.92. The third-order valence-corrected chi connectivity index (χ3v) is 2.92. The van der Waals surface area contributed by atoms with Crippen molar-refractivity contribution in [2.75, 3.05) is 26.3 Å². The standard InChI is InChI=1S/C15H23F2NO2/c1-11(2)5-7-20-8-6-18-10-15(19)13-9-12(16)3-4-14(13)17/h3-4,9,11,15,18-19H,5-8,10H2,1-2H3. The highest BCUT2D eigenvalue weighted by atomic mass is 19.1. The number of benzene rings is 1. The Morgan fingerprint density at radius 2 is 2.00 bits per heavy atom. The highest BCUT2D eigenvalue weighted by Crippen LogP contribution is 2.17. The summed E-state index contributed by atoms with van der Waals surface area (Å²) in [5.74, 6) is -0.549. The van der Waals surface area contributed by atoms with Crippen LogP contribution in [-0.2, 0) is 4.74 Å². The summed E-state index contributed by atoms with van der Waals surface area (Å²) in [5, 5.41) is 12.7. The molecule has 3 nitrogen and oxygen atoms in total. The first kappa shape index (κ1) is 17.0. The molecular formula is C15H23F2NO2. The lowest BCUT2D eigenvalue weighted by molar-refractivity contribution is 0.118. The Kier molecular flexibility index (Phi) is 7.65. The summed E-state index contributed by atoms with van der Waals surface area (Å²) in [5.41, 5.74) is -0.0294. The van der Waals surface area contributed by atoms with Crippen LogP contribution < -0.4 is 5.32 Å². The number of hydrogen-bond acceptors (Lipinski definition) is 3. The topological polar surface area (TPSA) is 41.5 Å². The Hall–Kier alpha value is -1.04. The predicted octanol–water partition coefficient (Wildman–Crippen LogP) is 2.65. The summed E-state index contributed by atoms with van der Waals surface area (Å²) < 4.78 is 31.8. The van der Waals surface area contributed by atoms with E-state index in [1.807, 2.05) is 0 Å². The van der Waals surface area contributed by atoms with Gasteiger partial charge in [-0.05, 0) is 30.5 Å². The molecule has 20 heavy (non-hydrogen) atoms. The van der Waals surface area contributed by atoms with Crippen molar-refractivity contribution in [3.8, 4) is 0 Å². The molecule has 0 heterocycles. The quantitative estimate of drug-likeness (QED) is 0.686. The lowest BCUT2D eigenvalue weighted by Gasteiger charge is -2.13. The van der Waals surface area contributed by atoms with Crippen LogP contribution in [0.1, 0.15) is 31.9 Å². The van der Waals surface area contributed by atoms with Gasteiger partial charge in [-0.3, -0.25) is 0 Å². The molecule has 2 N–H and O–H groups in total. The largest absolute Gasteiger partial charge is 0.387 e. The second-order valence-electron chi connectivity index (χ2n) is 5.18.